The summed E-state index contributed by atoms with van der Waals surface area (Å²) in [4.78, 5) is 9.91. The van der Waals surface area contributed by atoms with E-state index in [1.54, 1.807) is 6.07 Å². The van der Waals surface area contributed by atoms with Crippen LogP contribution in [-0.4, -0.2) is 6.41 Å². The Kier molecular flexibility index (Phi) is 5.42. The SMILES string of the molecule is Cl.O=CNCc1ccc(F)c(Cl)c1. The van der Waals surface area contributed by atoms with Gasteiger partial charge in [-0.3, -0.25) is 4.79 Å². The molecule has 0 aliphatic rings. The second-order valence-electron chi connectivity index (χ2n) is 2.25. The van der Waals surface area contributed by atoms with Gasteiger partial charge in [0.1, 0.15) is 5.82 Å². The van der Waals surface area contributed by atoms with Gasteiger partial charge in [-0.15, -0.1) is 12.4 Å². The zero-order valence-corrected chi connectivity index (χ0v) is 8.16. The standard InChI is InChI=1S/C8H7ClFNO.ClH/c9-7-3-6(4-11-5-12)1-2-8(7)10;/h1-3,5H,4H2,(H,11,12);1H. The zero-order valence-electron chi connectivity index (χ0n) is 6.59. The summed E-state index contributed by atoms with van der Waals surface area (Å²) in [5, 5.41) is 2.52. The number of carbonyl (C=O) groups excluding carboxylic acids is 1. The molecule has 5 heteroatoms. The monoisotopic (exact) mass is 223 g/mol. The summed E-state index contributed by atoms with van der Waals surface area (Å²) in [7, 11) is 0. The maximum absolute atomic E-state index is 12.6. The quantitative estimate of drug-likeness (QED) is 0.783. The normalized spacial score (nSPS) is 8.77. The molecule has 0 atom stereocenters. The lowest BCUT2D eigenvalue weighted by Crippen LogP contribution is -2.09. The van der Waals surface area contributed by atoms with E-state index in [2.05, 4.69) is 5.32 Å². The predicted molar refractivity (Wildman–Crippen MR) is 51.6 cm³/mol. The van der Waals surface area contributed by atoms with Gasteiger partial charge < -0.3 is 5.32 Å². The van der Waals surface area contributed by atoms with E-state index in [4.69, 9.17) is 11.6 Å². The van der Waals surface area contributed by atoms with E-state index in [0.29, 0.717) is 13.0 Å². The number of benzene rings is 1. The second kappa shape index (κ2) is 5.78. The van der Waals surface area contributed by atoms with Crippen LogP contribution in [0.1, 0.15) is 5.56 Å². The van der Waals surface area contributed by atoms with Gasteiger partial charge in [-0.05, 0) is 17.7 Å². The van der Waals surface area contributed by atoms with E-state index in [1.807, 2.05) is 0 Å². The molecule has 72 valence electrons. The Morgan fingerprint density at radius 2 is 2.23 bits per heavy atom. The lowest BCUT2D eigenvalue weighted by molar-refractivity contribution is -0.109. The van der Waals surface area contributed by atoms with Crippen LogP contribution in [-0.2, 0) is 11.3 Å². The van der Waals surface area contributed by atoms with Gasteiger partial charge in [0, 0.05) is 6.54 Å². The molecular formula is C8H8Cl2FNO. The first-order chi connectivity index (χ1) is 5.74. The van der Waals surface area contributed by atoms with Crippen LogP contribution >= 0.6 is 24.0 Å². The lowest BCUT2D eigenvalue weighted by Gasteiger charge is -2.00. The Bertz CT molecular complexity index is 293. The zero-order chi connectivity index (χ0) is 8.97. The Morgan fingerprint density at radius 1 is 1.54 bits per heavy atom. The maximum atomic E-state index is 12.6. The van der Waals surface area contributed by atoms with E-state index in [-0.39, 0.29) is 17.4 Å². The summed E-state index contributed by atoms with van der Waals surface area (Å²) >= 11 is 5.50. The number of rotatable bonds is 3. The first-order valence-corrected chi connectivity index (χ1v) is 3.73. The van der Waals surface area contributed by atoms with Crippen LogP contribution < -0.4 is 5.32 Å². The highest BCUT2D eigenvalue weighted by molar-refractivity contribution is 6.30. The molecule has 1 rings (SSSR count). The third-order valence-electron chi connectivity index (χ3n) is 1.37. The number of carbonyl (C=O) groups is 1. The molecule has 0 saturated carbocycles. The molecule has 0 bridgehead atoms. The summed E-state index contributed by atoms with van der Waals surface area (Å²) in [5.74, 6) is -0.452. The van der Waals surface area contributed by atoms with Crippen molar-refractivity contribution in [2.75, 3.05) is 0 Å². The molecule has 1 aromatic rings. The number of hydrogen-bond donors (Lipinski definition) is 1. The molecule has 0 saturated heterocycles. The summed E-state index contributed by atoms with van der Waals surface area (Å²) in [6.45, 7) is 0.365. The van der Waals surface area contributed by atoms with Crippen LogP contribution in [0.4, 0.5) is 4.39 Å². The van der Waals surface area contributed by atoms with Gasteiger partial charge in [0.15, 0.2) is 0 Å². The molecule has 0 fully saturated rings. The number of nitrogens with one attached hydrogen (secondary N) is 1. The molecule has 2 nitrogen and oxygen atoms in total. The van der Waals surface area contributed by atoms with Crippen LogP contribution in [0.3, 0.4) is 0 Å². The smallest absolute Gasteiger partial charge is 0.207 e. The van der Waals surface area contributed by atoms with Crippen molar-refractivity contribution < 1.29 is 9.18 Å². The molecule has 0 aliphatic heterocycles. The molecule has 1 N–H and O–H groups in total. The lowest BCUT2D eigenvalue weighted by atomic mass is 10.2. The minimum Gasteiger partial charge on any atom is -0.355 e. The van der Waals surface area contributed by atoms with Crippen molar-refractivity contribution in [3.63, 3.8) is 0 Å². The average Bonchev–Trinajstić information content (AvgIpc) is 2.07. The van der Waals surface area contributed by atoms with Crippen molar-refractivity contribution in [2.24, 2.45) is 0 Å². The number of hydrogen-bond acceptors (Lipinski definition) is 1. The minimum absolute atomic E-state index is 0. The van der Waals surface area contributed by atoms with Crippen molar-refractivity contribution in [1.82, 2.24) is 5.32 Å². The average molecular weight is 224 g/mol. The molecule has 13 heavy (non-hydrogen) atoms. The molecule has 0 spiro atoms. The van der Waals surface area contributed by atoms with Gasteiger partial charge in [0.2, 0.25) is 6.41 Å². The fourth-order valence-electron chi connectivity index (χ4n) is 0.809. The molecular weight excluding hydrogens is 216 g/mol. The van der Waals surface area contributed by atoms with Crippen molar-refractivity contribution >= 4 is 30.4 Å². The van der Waals surface area contributed by atoms with E-state index in [1.165, 1.54) is 12.1 Å². The molecule has 1 aromatic carbocycles. The number of amides is 1. The number of halogens is 3. The predicted octanol–water partition coefficient (Wildman–Crippen LogP) is 2.15. The Morgan fingerprint density at radius 3 is 2.77 bits per heavy atom. The second-order valence-corrected chi connectivity index (χ2v) is 2.65. The first-order valence-electron chi connectivity index (χ1n) is 3.35. The van der Waals surface area contributed by atoms with Crippen molar-refractivity contribution in [3.05, 3.63) is 34.6 Å². The Labute approximate surface area is 86.5 Å². The van der Waals surface area contributed by atoms with Crippen LogP contribution in [0, 0.1) is 5.82 Å². The van der Waals surface area contributed by atoms with E-state index >= 15 is 0 Å². The summed E-state index contributed by atoms with van der Waals surface area (Å²) < 4.78 is 12.6. The van der Waals surface area contributed by atoms with E-state index < -0.39 is 5.82 Å². The third-order valence-corrected chi connectivity index (χ3v) is 1.66. The molecule has 0 aliphatic carbocycles. The van der Waals surface area contributed by atoms with Gasteiger partial charge in [-0.25, -0.2) is 4.39 Å². The van der Waals surface area contributed by atoms with Crippen LogP contribution in [0.25, 0.3) is 0 Å². The maximum Gasteiger partial charge on any atom is 0.207 e. The topological polar surface area (TPSA) is 29.1 Å². The highest BCUT2D eigenvalue weighted by Crippen LogP contribution is 2.15. The van der Waals surface area contributed by atoms with Gasteiger partial charge in [0.05, 0.1) is 5.02 Å². The van der Waals surface area contributed by atoms with Gasteiger partial charge >= 0.3 is 0 Å². The van der Waals surface area contributed by atoms with Crippen LogP contribution in [0.2, 0.25) is 5.02 Å². The van der Waals surface area contributed by atoms with Crippen molar-refractivity contribution in [1.29, 1.82) is 0 Å². The fraction of sp³-hybridized carbons (Fsp3) is 0.125. The van der Waals surface area contributed by atoms with Gasteiger partial charge in [-0.1, -0.05) is 17.7 Å². The van der Waals surface area contributed by atoms with Crippen LogP contribution in [0.15, 0.2) is 18.2 Å². The fourth-order valence-corrected chi connectivity index (χ4v) is 1.01. The molecule has 0 unspecified atom stereocenters. The summed E-state index contributed by atoms with van der Waals surface area (Å²) in [5.41, 5.74) is 0.772. The molecule has 0 radical (unpaired) electrons. The molecule has 0 heterocycles. The van der Waals surface area contributed by atoms with Crippen LogP contribution in [0.5, 0.6) is 0 Å². The van der Waals surface area contributed by atoms with Crippen molar-refractivity contribution in [2.45, 2.75) is 6.54 Å². The molecule has 1 amide bonds. The Hall–Kier alpha value is -0.800. The first kappa shape index (κ1) is 12.2. The largest absolute Gasteiger partial charge is 0.355 e. The third kappa shape index (κ3) is 3.61. The highest BCUT2D eigenvalue weighted by Gasteiger charge is 1.99. The Balaban J connectivity index is 0.00000144. The van der Waals surface area contributed by atoms with Gasteiger partial charge in [-0.2, -0.15) is 0 Å². The van der Waals surface area contributed by atoms with E-state index in [9.17, 15) is 9.18 Å². The minimum atomic E-state index is -0.452. The summed E-state index contributed by atoms with van der Waals surface area (Å²) in [6.07, 6.45) is 0.581. The van der Waals surface area contributed by atoms with E-state index in [0.717, 1.165) is 5.56 Å². The highest BCUT2D eigenvalue weighted by atomic mass is 35.5. The summed E-state index contributed by atoms with van der Waals surface area (Å²) in [6, 6.07) is 4.31. The van der Waals surface area contributed by atoms with Crippen molar-refractivity contribution in [3.8, 4) is 0 Å². The van der Waals surface area contributed by atoms with Gasteiger partial charge in [0.25, 0.3) is 0 Å². The molecule has 0 aromatic heterocycles.